The zero-order valence-electron chi connectivity index (χ0n) is 12.2. The van der Waals surface area contributed by atoms with Crippen LogP contribution in [0, 0.1) is 5.41 Å². The molecule has 0 radical (unpaired) electrons. The molecule has 2 rings (SSSR count). The Morgan fingerprint density at radius 3 is 3.00 bits per heavy atom. The highest BCUT2D eigenvalue weighted by atomic mass is 16.5. The van der Waals surface area contributed by atoms with Crippen molar-refractivity contribution in [2.24, 2.45) is 11.1 Å². The topological polar surface area (TPSA) is 47.3 Å². The monoisotopic (exact) mass is 262 g/mol. The summed E-state index contributed by atoms with van der Waals surface area (Å²) in [6.45, 7) is 8.04. The zero-order chi connectivity index (χ0) is 13.7. The van der Waals surface area contributed by atoms with Crippen LogP contribution < -0.4 is 15.8 Å². The second-order valence-electron chi connectivity index (χ2n) is 6.20. The number of nitrogens with one attached hydrogen (secondary N) is 1. The molecule has 0 amide bonds. The van der Waals surface area contributed by atoms with Gasteiger partial charge in [-0.3, -0.25) is 0 Å². The minimum absolute atomic E-state index is 0.270. The summed E-state index contributed by atoms with van der Waals surface area (Å²) in [5.41, 5.74) is 8.60. The lowest BCUT2D eigenvalue weighted by Gasteiger charge is -2.24. The van der Waals surface area contributed by atoms with Gasteiger partial charge in [0.2, 0.25) is 0 Å². The van der Waals surface area contributed by atoms with Crippen molar-refractivity contribution in [3.63, 3.8) is 0 Å². The van der Waals surface area contributed by atoms with Crippen LogP contribution >= 0.6 is 0 Å². The third kappa shape index (κ3) is 4.22. The van der Waals surface area contributed by atoms with Gasteiger partial charge in [-0.2, -0.15) is 0 Å². The summed E-state index contributed by atoms with van der Waals surface area (Å²) >= 11 is 0. The summed E-state index contributed by atoms with van der Waals surface area (Å²) < 4.78 is 5.63. The van der Waals surface area contributed by atoms with E-state index >= 15 is 0 Å². The molecule has 1 aromatic carbocycles. The number of aryl methyl sites for hydroxylation is 1. The maximum absolute atomic E-state index is 5.63. The molecule has 3 nitrogen and oxygen atoms in total. The van der Waals surface area contributed by atoms with E-state index in [1.165, 1.54) is 11.1 Å². The fraction of sp³-hybridized carbons (Fsp3) is 0.625. The van der Waals surface area contributed by atoms with Crippen LogP contribution in [0.3, 0.4) is 0 Å². The number of benzene rings is 1. The standard InChI is InChI=1S/C16H26N2O/c1-16(2,7-8-17)12-18-11-13-5-6-15-14(10-13)4-3-9-19-15/h5-6,10,18H,3-4,7-9,11-12,17H2,1-2H3. The third-order valence-electron chi connectivity index (χ3n) is 3.73. The molecular formula is C16H26N2O. The zero-order valence-corrected chi connectivity index (χ0v) is 12.2. The highest BCUT2D eigenvalue weighted by Gasteiger charge is 2.16. The first-order chi connectivity index (χ1) is 9.11. The molecule has 0 bridgehead atoms. The van der Waals surface area contributed by atoms with E-state index in [1.54, 1.807) is 0 Å². The molecule has 0 unspecified atom stereocenters. The van der Waals surface area contributed by atoms with E-state index in [0.717, 1.165) is 51.3 Å². The van der Waals surface area contributed by atoms with E-state index in [1.807, 2.05) is 0 Å². The van der Waals surface area contributed by atoms with Crippen LogP contribution in [-0.4, -0.2) is 19.7 Å². The number of rotatable bonds is 6. The van der Waals surface area contributed by atoms with Gasteiger partial charge in [0.15, 0.2) is 0 Å². The Labute approximate surface area is 116 Å². The Morgan fingerprint density at radius 1 is 1.37 bits per heavy atom. The maximum atomic E-state index is 5.63. The molecule has 0 atom stereocenters. The second-order valence-corrected chi connectivity index (χ2v) is 6.20. The van der Waals surface area contributed by atoms with Crippen molar-refractivity contribution < 1.29 is 4.74 Å². The molecule has 1 aliphatic heterocycles. The van der Waals surface area contributed by atoms with Crippen molar-refractivity contribution in [3.05, 3.63) is 29.3 Å². The van der Waals surface area contributed by atoms with Gasteiger partial charge in [0, 0.05) is 13.1 Å². The molecule has 106 valence electrons. The van der Waals surface area contributed by atoms with E-state index in [4.69, 9.17) is 10.5 Å². The third-order valence-corrected chi connectivity index (χ3v) is 3.73. The molecule has 0 aromatic heterocycles. The second kappa shape index (κ2) is 6.40. The van der Waals surface area contributed by atoms with Crippen LogP contribution in [0.1, 0.15) is 37.8 Å². The van der Waals surface area contributed by atoms with Crippen molar-refractivity contribution in [3.8, 4) is 5.75 Å². The molecular weight excluding hydrogens is 236 g/mol. The largest absolute Gasteiger partial charge is 0.493 e. The normalized spacial score (nSPS) is 14.9. The Hall–Kier alpha value is -1.06. The molecule has 3 heteroatoms. The predicted molar refractivity (Wildman–Crippen MR) is 79.4 cm³/mol. The smallest absolute Gasteiger partial charge is 0.122 e. The lowest BCUT2D eigenvalue weighted by molar-refractivity contribution is 0.288. The van der Waals surface area contributed by atoms with Crippen LogP contribution in [0.2, 0.25) is 0 Å². The van der Waals surface area contributed by atoms with Crippen molar-refractivity contribution >= 4 is 0 Å². The first-order valence-corrected chi connectivity index (χ1v) is 7.26. The van der Waals surface area contributed by atoms with Gasteiger partial charge in [-0.1, -0.05) is 26.0 Å². The summed E-state index contributed by atoms with van der Waals surface area (Å²) in [6.07, 6.45) is 3.33. The minimum Gasteiger partial charge on any atom is -0.493 e. The molecule has 1 heterocycles. The predicted octanol–water partition coefficient (Wildman–Crippen LogP) is 2.48. The number of nitrogens with two attached hydrogens (primary N) is 1. The number of ether oxygens (including phenoxy) is 1. The lowest BCUT2D eigenvalue weighted by Crippen LogP contribution is -2.31. The summed E-state index contributed by atoms with van der Waals surface area (Å²) in [5, 5.41) is 3.54. The maximum Gasteiger partial charge on any atom is 0.122 e. The van der Waals surface area contributed by atoms with Crippen LogP contribution in [0.5, 0.6) is 5.75 Å². The van der Waals surface area contributed by atoms with E-state index in [9.17, 15) is 0 Å². The Kier molecular flexibility index (Phi) is 4.83. The fourth-order valence-corrected chi connectivity index (χ4v) is 2.55. The summed E-state index contributed by atoms with van der Waals surface area (Å²) in [5.74, 6) is 1.07. The van der Waals surface area contributed by atoms with Crippen molar-refractivity contribution in [2.45, 2.75) is 39.7 Å². The molecule has 0 fully saturated rings. The minimum atomic E-state index is 0.270. The molecule has 0 saturated heterocycles. The highest BCUT2D eigenvalue weighted by molar-refractivity contribution is 5.38. The van der Waals surface area contributed by atoms with Crippen LogP contribution in [0.25, 0.3) is 0 Å². The highest BCUT2D eigenvalue weighted by Crippen LogP contribution is 2.25. The Bertz CT molecular complexity index is 415. The van der Waals surface area contributed by atoms with E-state index in [2.05, 4.69) is 37.4 Å². The van der Waals surface area contributed by atoms with Gasteiger partial charge >= 0.3 is 0 Å². The van der Waals surface area contributed by atoms with E-state index < -0.39 is 0 Å². The average molecular weight is 262 g/mol. The first kappa shape index (κ1) is 14.4. The van der Waals surface area contributed by atoms with Gasteiger partial charge in [0.05, 0.1) is 6.61 Å². The van der Waals surface area contributed by atoms with Crippen molar-refractivity contribution in [1.29, 1.82) is 0 Å². The van der Waals surface area contributed by atoms with Crippen molar-refractivity contribution in [2.75, 3.05) is 19.7 Å². The fourth-order valence-electron chi connectivity index (χ4n) is 2.55. The molecule has 1 aromatic rings. The molecule has 1 aliphatic rings. The SMILES string of the molecule is CC(C)(CCN)CNCc1ccc2c(c1)CCCO2. The van der Waals surface area contributed by atoms with Crippen LogP contribution in [-0.2, 0) is 13.0 Å². The van der Waals surface area contributed by atoms with Gasteiger partial charge in [-0.15, -0.1) is 0 Å². The Balaban J connectivity index is 1.86. The lowest BCUT2D eigenvalue weighted by atomic mass is 9.89. The van der Waals surface area contributed by atoms with Gasteiger partial charge < -0.3 is 15.8 Å². The Morgan fingerprint density at radius 2 is 2.21 bits per heavy atom. The molecule has 0 aliphatic carbocycles. The van der Waals surface area contributed by atoms with Gasteiger partial charge in [-0.25, -0.2) is 0 Å². The number of fused-ring (bicyclic) bond motifs is 1. The quantitative estimate of drug-likeness (QED) is 0.828. The van der Waals surface area contributed by atoms with E-state index in [-0.39, 0.29) is 5.41 Å². The van der Waals surface area contributed by atoms with Gasteiger partial charge in [0.1, 0.15) is 5.75 Å². The molecule has 0 spiro atoms. The van der Waals surface area contributed by atoms with Gasteiger partial charge in [-0.05, 0) is 48.4 Å². The molecule has 0 saturated carbocycles. The number of hydrogen-bond acceptors (Lipinski definition) is 3. The first-order valence-electron chi connectivity index (χ1n) is 7.26. The summed E-state index contributed by atoms with van der Waals surface area (Å²) in [4.78, 5) is 0. The van der Waals surface area contributed by atoms with E-state index in [0.29, 0.717) is 0 Å². The van der Waals surface area contributed by atoms with Crippen LogP contribution in [0.4, 0.5) is 0 Å². The average Bonchev–Trinajstić information content (AvgIpc) is 2.38. The van der Waals surface area contributed by atoms with Gasteiger partial charge in [0.25, 0.3) is 0 Å². The molecule has 19 heavy (non-hydrogen) atoms. The summed E-state index contributed by atoms with van der Waals surface area (Å²) in [7, 11) is 0. The number of hydrogen-bond donors (Lipinski definition) is 2. The molecule has 3 N–H and O–H groups in total. The summed E-state index contributed by atoms with van der Waals surface area (Å²) in [6, 6.07) is 6.54. The van der Waals surface area contributed by atoms with Crippen LogP contribution in [0.15, 0.2) is 18.2 Å². The van der Waals surface area contributed by atoms with Crippen molar-refractivity contribution in [1.82, 2.24) is 5.32 Å².